The van der Waals surface area contributed by atoms with Crippen LogP contribution >= 0.6 is 11.6 Å². The van der Waals surface area contributed by atoms with E-state index in [4.69, 9.17) is 11.6 Å². The van der Waals surface area contributed by atoms with Crippen molar-refractivity contribution in [2.24, 2.45) is 0 Å². The normalized spacial score (nSPS) is 10.4. The Hall–Kier alpha value is -2.00. The first kappa shape index (κ1) is 16.4. The van der Waals surface area contributed by atoms with E-state index < -0.39 is 0 Å². The highest BCUT2D eigenvalue weighted by molar-refractivity contribution is 6.30. The average Bonchev–Trinajstić information content (AvgIpc) is 2.46. The summed E-state index contributed by atoms with van der Waals surface area (Å²) < 4.78 is 0. The number of hydrogen-bond donors (Lipinski definition) is 2. The van der Waals surface area contributed by atoms with E-state index in [0.29, 0.717) is 18.0 Å². The molecule has 0 atom stereocenters. The fraction of sp³-hybridized carbons (Fsp3) is 0.278. The Morgan fingerprint density at radius 2 is 1.82 bits per heavy atom. The molecular weight excluding hydrogens is 296 g/mol. The highest BCUT2D eigenvalue weighted by Gasteiger charge is 2.06. The van der Waals surface area contributed by atoms with Crippen molar-refractivity contribution in [1.82, 2.24) is 0 Å². The molecule has 0 bridgehead atoms. The van der Waals surface area contributed by atoms with Gasteiger partial charge in [-0.1, -0.05) is 23.7 Å². The van der Waals surface area contributed by atoms with Gasteiger partial charge in [-0.05, 0) is 61.7 Å². The molecule has 0 aliphatic heterocycles. The Bertz CT molecular complexity index is 683. The molecule has 1 amide bonds. The number of rotatable bonds is 5. The van der Waals surface area contributed by atoms with Gasteiger partial charge >= 0.3 is 0 Å². The van der Waals surface area contributed by atoms with Gasteiger partial charge in [-0.15, -0.1) is 0 Å². The van der Waals surface area contributed by atoms with Crippen LogP contribution < -0.4 is 10.6 Å². The maximum Gasteiger partial charge on any atom is 0.226 e. The molecule has 2 N–H and O–H groups in total. The minimum absolute atomic E-state index is 0.0109. The SMILES string of the molecule is Cc1cc(Cl)ccc1NC(=O)CCNc1cccc(C)c1C. The van der Waals surface area contributed by atoms with Crippen LogP contribution in [-0.2, 0) is 4.79 Å². The number of nitrogens with one attached hydrogen (secondary N) is 2. The van der Waals surface area contributed by atoms with Crippen molar-refractivity contribution in [3.05, 3.63) is 58.1 Å². The molecule has 0 aromatic heterocycles. The summed E-state index contributed by atoms with van der Waals surface area (Å²) in [5.74, 6) is -0.0109. The van der Waals surface area contributed by atoms with Crippen LogP contribution in [0.25, 0.3) is 0 Å². The third kappa shape index (κ3) is 4.25. The molecule has 2 aromatic carbocycles. The van der Waals surface area contributed by atoms with E-state index in [-0.39, 0.29) is 5.91 Å². The summed E-state index contributed by atoms with van der Waals surface area (Å²) >= 11 is 5.91. The Labute approximate surface area is 136 Å². The predicted molar refractivity (Wildman–Crippen MR) is 93.8 cm³/mol. The first-order chi connectivity index (χ1) is 10.5. The Kier molecular flexibility index (Phi) is 5.45. The van der Waals surface area contributed by atoms with E-state index in [9.17, 15) is 4.79 Å². The molecule has 0 saturated carbocycles. The number of aryl methyl sites for hydroxylation is 2. The summed E-state index contributed by atoms with van der Waals surface area (Å²) in [7, 11) is 0. The van der Waals surface area contributed by atoms with Crippen LogP contribution in [0.2, 0.25) is 5.02 Å². The summed E-state index contributed by atoms with van der Waals surface area (Å²) in [6, 6.07) is 11.6. The van der Waals surface area contributed by atoms with Crippen molar-refractivity contribution in [2.75, 3.05) is 17.2 Å². The van der Waals surface area contributed by atoms with E-state index >= 15 is 0 Å². The number of anilines is 2. The number of halogens is 1. The second-order valence-corrected chi connectivity index (χ2v) is 5.87. The van der Waals surface area contributed by atoms with Gasteiger partial charge in [-0.2, -0.15) is 0 Å². The van der Waals surface area contributed by atoms with Gasteiger partial charge < -0.3 is 10.6 Å². The maximum atomic E-state index is 12.0. The molecule has 0 radical (unpaired) electrons. The van der Waals surface area contributed by atoms with Gasteiger partial charge in [0.25, 0.3) is 0 Å². The van der Waals surface area contributed by atoms with Crippen LogP contribution in [0.15, 0.2) is 36.4 Å². The summed E-state index contributed by atoms with van der Waals surface area (Å²) in [6.45, 7) is 6.68. The number of carbonyl (C=O) groups is 1. The van der Waals surface area contributed by atoms with Crippen molar-refractivity contribution >= 4 is 28.9 Å². The van der Waals surface area contributed by atoms with Gasteiger partial charge in [-0.25, -0.2) is 0 Å². The van der Waals surface area contributed by atoms with Gasteiger partial charge in [-0.3, -0.25) is 4.79 Å². The second kappa shape index (κ2) is 7.32. The van der Waals surface area contributed by atoms with Crippen molar-refractivity contribution in [1.29, 1.82) is 0 Å². The number of amides is 1. The van der Waals surface area contributed by atoms with Gasteiger partial charge in [0.15, 0.2) is 0 Å². The zero-order valence-corrected chi connectivity index (χ0v) is 13.9. The lowest BCUT2D eigenvalue weighted by molar-refractivity contribution is -0.115. The Morgan fingerprint density at radius 3 is 2.55 bits per heavy atom. The van der Waals surface area contributed by atoms with Crippen molar-refractivity contribution < 1.29 is 4.79 Å². The molecule has 0 aliphatic carbocycles. The van der Waals surface area contributed by atoms with Gasteiger partial charge in [0.2, 0.25) is 5.91 Å². The van der Waals surface area contributed by atoms with E-state index in [2.05, 4.69) is 30.5 Å². The molecule has 0 spiro atoms. The lowest BCUT2D eigenvalue weighted by Crippen LogP contribution is -2.17. The molecule has 22 heavy (non-hydrogen) atoms. The highest BCUT2D eigenvalue weighted by atomic mass is 35.5. The van der Waals surface area contributed by atoms with Gasteiger partial charge in [0, 0.05) is 29.4 Å². The van der Waals surface area contributed by atoms with Crippen LogP contribution in [0, 0.1) is 20.8 Å². The maximum absolute atomic E-state index is 12.0. The topological polar surface area (TPSA) is 41.1 Å². The van der Waals surface area contributed by atoms with Crippen LogP contribution in [0.5, 0.6) is 0 Å². The minimum Gasteiger partial charge on any atom is -0.384 e. The first-order valence-corrected chi connectivity index (χ1v) is 7.71. The summed E-state index contributed by atoms with van der Waals surface area (Å²) in [4.78, 5) is 12.0. The Balaban J connectivity index is 1.87. The van der Waals surface area contributed by atoms with Crippen LogP contribution in [0.3, 0.4) is 0 Å². The molecular formula is C18H21ClN2O. The lowest BCUT2D eigenvalue weighted by Gasteiger charge is -2.12. The number of benzene rings is 2. The zero-order valence-electron chi connectivity index (χ0n) is 13.2. The van der Waals surface area contributed by atoms with Crippen LogP contribution in [0.4, 0.5) is 11.4 Å². The third-order valence-electron chi connectivity index (χ3n) is 3.73. The van der Waals surface area contributed by atoms with E-state index in [1.807, 2.05) is 31.2 Å². The fourth-order valence-electron chi connectivity index (χ4n) is 2.23. The summed E-state index contributed by atoms with van der Waals surface area (Å²) in [6.07, 6.45) is 0.412. The van der Waals surface area contributed by atoms with Crippen LogP contribution in [0.1, 0.15) is 23.1 Å². The fourth-order valence-corrected chi connectivity index (χ4v) is 2.46. The average molecular weight is 317 g/mol. The van der Waals surface area contributed by atoms with Gasteiger partial charge in [0.05, 0.1) is 0 Å². The Morgan fingerprint density at radius 1 is 1.05 bits per heavy atom. The molecule has 3 nitrogen and oxygen atoms in total. The monoisotopic (exact) mass is 316 g/mol. The standard InChI is InChI=1S/C18H21ClN2O/c1-12-5-4-6-17(14(12)3)20-10-9-18(22)21-16-8-7-15(19)11-13(16)2/h4-8,11,20H,9-10H2,1-3H3,(H,21,22). The smallest absolute Gasteiger partial charge is 0.226 e. The predicted octanol–water partition coefficient (Wildman–Crippen LogP) is 4.71. The number of hydrogen-bond acceptors (Lipinski definition) is 2. The van der Waals surface area contributed by atoms with Crippen molar-refractivity contribution in [3.8, 4) is 0 Å². The molecule has 0 unspecified atom stereocenters. The molecule has 2 aromatic rings. The third-order valence-corrected chi connectivity index (χ3v) is 3.97. The molecule has 4 heteroatoms. The van der Waals surface area contributed by atoms with E-state index in [0.717, 1.165) is 16.9 Å². The quantitative estimate of drug-likeness (QED) is 0.839. The summed E-state index contributed by atoms with van der Waals surface area (Å²) in [5.41, 5.74) is 5.31. The van der Waals surface area contributed by atoms with Crippen molar-refractivity contribution in [3.63, 3.8) is 0 Å². The van der Waals surface area contributed by atoms with Gasteiger partial charge in [0.1, 0.15) is 0 Å². The summed E-state index contributed by atoms with van der Waals surface area (Å²) in [5, 5.41) is 6.90. The van der Waals surface area contributed by atoms with E-state index in [1.54, 1.807) is 6.07 Å². The van der Waals surface area contributed by atoms with Crippen LogP contribution in [-0.4, -0.2) is 12.5 Å². The minimum atomic E-state index is -0.0109. The van der Waals surface area contributed by atoms with Crippen molar-refractivity contribution in [2.45, 2.75) is 27.2 Å². The molecule has 0 saturated heterocycles. The highest BCUT2D eigenvalue weighted by Crippen LogP contribution is 2.20. The largest absolute Gasteiger partial charge is 0.384 e. The second-order valence-electron chi connectivity index (χ2n) is 5.43. The molecule has 2 rings (SSSR count). The van der Waals surface area contributed by atoms with E-state index in [1.165, 1.54) is 11.1 Å². The lowest BCUT2D eigenvalue weighted by atomic mass is 10.1. The molecule has 116 valence electrons. The zero-order chi connectivity index (χ0) is 16.1. The molecule has 0 heterocycles. The first-order valence-electron chi connectivity index (χ1n) is 7.33. The number of carbonyl (C=O) groups excluding carboxylic acids is 1. The molecule has 0 aliphatic rings. The molecule has 0 fully saturated rings.